The lowest BCUT2D eigenvalue weighted by Gasteiger charge is -2.28. The number of benzene rings is 6. The second kappa shape index (κ2) is 35.5. The lowest BCUT2D eigenvalue weighted by Crippen LogP contribution is -2.45. The Morgan fingerprint density at radius 3 is 0.935 bits per heavy atom. The predicted molar refractivity (Wildman–Crippen MR) is 400 cm³/mol. The number of ether oxygens (including phenoxy) is 2. The third-order valence-electron chi connectivity index (χ3n) is 16.5. The van der Waals surface area contributed by atoms with Crippen LogP contribution in [-0.2, 0) is 47.9 Å². The minimum atomic E-state index is -1.02. The van der Waals surface area contributed by atoms with E-state index in [1.165, 1.54) is 28.8 Å². The summed E-state index contributed by atoms with van der Waals surface area (Å²) in [7, 11) is 0. The summed E-state index contributed by atoms with van der Waals surface area (Å²) in [6.07, 6.45) is 4.93. The molecule has 20 nitrogen and oxygen atoms in total. The Hall–Kier alpha value is -11.8. The number of aryl methyl sites for hydroxylation is 2. The van der Waals surface area contributed by atoms with Crippen LogP contribution in [-0.4, -0.2) is 77.1 Å². The molecule has 0 unspecified atom stereocenters. The summed E-state index contributed by atoms with van der Waals surface area (Å²) in [4.78, 5) is 121. The molecule has 0 radical (unpaired) electrons. The second-order valence-corrected chi connectivity index (χ2v) is 29.2. The first-order valence-corrected chi connectivity index (χ1v) is 34.0. The number of nitrogens with two attached hydrogens (primary N) is 4. The maximum atomic E-state index is 14.2. The number of esters is 2. The van der Waals surface area contributed by atoms with Crippen molar-refractivity contribution in [2.75, 3.05) is 17.2 Å². The highest BCUT2D eigenvalue weighted by atomic mass is 19.2. The maximum absolute atomic E-state index is 14.2. The molecule has 0 atom stereocenters. The lowest BCUT2D eigenvalue weighted by molar-refractivity contribution is -0.166. The molecule has 9 aromatic rings. The smallest absolute Gasteiger partial charge is 0.326 e. The van der Waals surface area contributed by atoms with Gasteiger partial charge in [-0.2, -0.15) is 0 Å². The number of aliphatic carboxylic acids is 1. The summed E-state index contributed by atoms with van der Waals surface area (Å²) >= 11 is 0. The predicted octanol–water partition coefficient (Wildman–Crippen LogP) is 13.7. The standard InChI is InChI=1S/C29H32F2N2O4.C25H24F2N2O4.C20H14F2N2O3.C8H17NO2/c1-28(2,3)37-27(36)29(4,5)16-6-7-18-8-11-20(12-9-18)33-24(34)15-14-22(26(33)32)25(35)21-13-10-19(30)17-23(21)31;1-25(2,24(32)33)13-3-4-15-5-8-17(9-6-15)29-21(30)12-11-19(23(29)28)22(31)18-10-7-16(26)14-20(18)27;21-13-3-6-15(17(22)11-13)19(27)16-7-8-18(26)24(20(16)23)14-4-1-12(2-5-14)9-10-25;1-7(2,3)11-6(10)8(4,5)9/h8-15,17H,6-7,16,32H2,1-5H3;5-12,14H,3-4,13,28H2,1-2H3,(H,32,33);1-8,10-11H,9,23H2;9H2,1-5H3. The van der Waals surface area contributed by atoms with E-state index in [-0.39, 0.29) is 69.2 Å². The van der Waals surface area contributed by atoms with E-state index < -0.39 is 102 Å². The molecule has 0 fully saturated rings. The van der Waals surface area contributed by atoms with Crippen LogP contribution in [0.4, 0.5) is 43.8 Å². The number of pyridine rings is 3. The number of hydrogen-bond acceptors (Lipinski definition) is 16. The molecule has 0 amide bonds. The first kappa shape index (κ1) is 85.1. The molecule has 570 valence electrons. The van der Waals surface area contributed by atoms with Crippen molar-refractivity contribution in [1.29, 1.82) is 0 Å². The Morgan fingerprint density at radius 1 is 0.398 bits per heavy atom. The van der Waals surface area contributed by atoms with Crippen LogP contribution in [0.1, 0.15) is 173 Å². The number of anilines is 3. The van der Waals surface area contributed by atoms with Crippen LogP contribution in [0.15, 0.2) is 178 Å². The molecule has 9 N–H and O–H groups in total. The fourth-order valence-corrected chi connectivity index (χ4v) is 10.5. The lowest BCUT2D eigenvalue weighted by atomic mass is 9.86. The van der Waals surface area contributed by atoms with Gasteiger partial charge in [0.1, 0.15) is 75.4 Å². The maximum Gasteiger partial charge on any atom is 0.326 e. The molecule has 0 spiro atoms. The molecule has 26 heteroatoms. The number of nitrogens with zero attached hydrogens (tertiary/aromatic N) is 3. The zero-order valence-electron chi connectivity index (χ0n) is 61.9. The molecule has 0 saturated carbocycles. The van der Waals surface area contributed by atoms with E-state index in [0.717, 1.165) is 87.1 Å². The number of aldehydes is 1. The zero-order valence-corrected chi connectivity index (χ0v) is 61.9. The van der Waals surface area contributed by atoms with Crippen LogP contribution in [0, 0.1) is 45.7 Å². The van der Waals surface area contributed by atoms with Crippen LogP contribution in [0.25, 0.3) is 17.1 Å². The molecule has 3 heterocycles. The van der Waals surface area contributed by atoms with Crippen molar-refractivity contribution in [1.82, 2.24) is 13.7 Å². The normalized spacial score (nSPS) is 11.5. The largest absolute Gasteiger partial charge is 0.481 e. The number of carboxylic acid groups (broad SMARTS) is 1. The Kier molecular flexibility index (Phi) is 28.0. The van der Waals surface area contributed by atoms with E-state index in [2.05, 4.69) is 0 Å². The monoisotopic (exact) mass is 1490 g/mol. The van der Waals surface area contributed by atoms with Gasteiger partial charge in [-0.25, -0.2) is 26.3 Å². The number of hydrogen-bond donors (Lipinski definition) is 5. The van der Waals surface area contributed by atoms with Gasteiger partial charge in [-0.1, -0.05) is 36.4 Å². The van der Waals surface area contributed by atoms with Gasteiger partial charge in [0.15, 0.2) is 17.3 Å². The van der Waals surface area contributed by atoms with Crippen molar-refractivity contribution in [2.45, 2.75) is 145 Å². The number of aromatic nitrogens is 3. The minimum Gasteiger partial charge on any atom is -0.481 e. The van der Waals surface area contributed by atoms with Crippen LogP contribution < -0.4 is 39.6 Å². The van der Waals surface area contributed by atoms with Gasteiger partial charge < -0.3 is 42.3 Å². The SMILES string of the molecule is CC(C)(C)OC(=O)C(C)(C)CCCc1ccc(-n2c(N)c(C(=O)c3ccc(F)cc3F)ccc2=O)cc1.CC(C)(C)OC(=O)C(C)(C)N.CC(C)(CCCc1ccc(-n2c(N)c(C(=O)c3ccc(F)cc3F)ccc2=O)cc1)C(=O)O.Nc1c(C(=O)c2ccc(F)cc2F)ccc(=O)n1-c1ccc(CC=O)cc1. The summed E-state index contributed by atoms with van der Waals surface area (Å²) in [5.74, 6) is -9.69. The van der Waals surface area contributed by atoms with Crippen LogP contribution in [0.5, 0.6) is 0 Å². The molecular weight excluding hydrogens is 1400 g/mol. The number of ketones is 3. The Labute approximate surface area is 619 Å². The van der Waals surface area contributed by atoms with Crippen molar-refractivity contribution in [3.05, 3.63) is 280 Å². The van der Waals surface area contributed by atoms with Crippen molar-refractivity contribution < 1.29 is 74.5 Å². The fourth-order valence-electron chi connectivity index (χ4n) is 10.5. The average molecular weight is 1490 g/mol. The molecule has 0 aliphatic rings. The van der Waals surface area contributed by atoms with E-state index in [4.69, 9.17) is 32.4 Å². The molecular formula is C82H87F6N7O13. The van der Waals surface area contributed by atoms with E-state index in [0.29, 0.717) is 67.4 Å². The molecule has 0 bridgehead atoms. The first-order valence-electron chi connectivity index (χ1n) is 34.0. The van der Waals surface area contributed by atoms with Gasteiger partial charge in [0.25, 0.3) is 16.7 Å². The number of carbonyl (C=O) groups excluding carboxylic acids is 6. The summed E-state index contributed by atoms with van der Waals surface area (Å²) in [5.41, 5.74) is 21.8. The molecule has 0 aliphatic carbocycles. The van der Waals surface area contributed by atoms with Gasteiger partial charge in [-0.15, -0.1) is 0 Å². The van der Waals surface area contributed by atoms with Crippen LogP contribution in [0.2, 0.25) is 0 Å². The van der Waals surface area contributed by atoms with Crippen LogP contribution >= 0.6 is 0 Å². The number of carbonyl (C=O) groups is 7. The van der Waals surface area contributed by atoms with Gasteiger partial charge in [-0.05, 0) is 229 Å². The topological polar surface area (TPSA) is 328 Å². The van der Waals surface area contributed by atoms with Gasteiger partial charge in [0, 0.05) is 42.8 Å². The number of nitrogen functional groups attached to an aromatic ring is 3. The molecule has 3 aromatic heterocycles. The third-order valence-corrected chi connectivity index (χ3v) is 16.5. The van der Waals surface area contributed by atoms with E-state index in [9.17, 15) is 79.4 Å². The Balaban J connectivity index is 0.000000238. The number of carboxylic acids is 1. The van der Waals surface area contributed by atoms with Crippen molar-refractivity contribution in [3.63, 3.8) is 0 Å². The van der Waals surface area contributed by atoms with Gasteiger partial charge in [0.2, 0.25) is 0 Å². The Morgan fingerprint density at radius 2 is 0.676 bits per heavy atom. The fraction of sp³-hybridized carbons (Fsp3) is 0.293. The van der Waals surface area contributed by atoms with E-state index in [1.807, 2.05) is 67.5 Å². The zero-order chi connectivity index (χ0) is 80.7. The first-order chi connectivity index (χ1) is 50.2. The number of halogens is 6. The highest BCUT2D eigenvalue weighted by molar-refractivity contribution is 6.13. The quantitative estimate of drug-likeness (QED) is 0.0182. The highest BCUT2D eigenvalue weighted by Gasteiger charge is 2.33. The summed E-state index contributed by atoms with van der Waals surface area (Å²) < 4.78 is 95.7. The molecule has 9 rings (SSSR count). The summed E-state index contributed by atoms with van der Waals surface area (Å²) in [6, 6.07) is 35.5. The van der Waals surface area contributed by atoms with Crippen molar-refractivity contribution in [2.24, 2.45) is 16.6 Å². The number of rotatable bonds is 22. The van der Waals surface area contributed by atoms with E-state index in [1.54, 1.807) is 88.4 Å². The molecule has 6 aromatic carbocycles. The van der Waals surface area contributed by atoms with Crippen molar-refractivity contribution in [3.8, 4) is 17.1 Å². The van der Waals surface area contributed by atoms with E-state index >= 15 is 0 Å². The van der Waals surface area contributed by atoms with Crippen LogP contribution in [0.3, 0.4) is 0 Å². The minimum absolute atomic E-state index is 0.0708. The average Bonchev–Trinajstić information content (AvgIpc) is 0.793. The van der Waals surface area contributed by atoms with Gasteiger partial charge in [0.05, 0.1) is 61.3 Å². The van der Waals surface area contributed by atoms with Crippen molar-refractivity contribution >= 4 is 59.0 Å². The molecule has 108 heavy (non-hydrogen) atoms. The summed E-state index contributed by atoms with van der Waals surface area (Å²) in [6.45, 7) is 21.3. The summed E-state index contributed by atoms with van der Waals surface area (Å²) in [5, 5.41) is 9.21. The molecule has 0 saturated heterocycles. The second-order valence-electron chi connectivity index (χ2n) is 29.2. The van der Waals surface area contributed by atoms with Gasteiger partial charge >= 0.3 is 17.9 Å². The highest BCUT2D eigenvalue weighted by Crippen LogP contribution is 2.30. The molecule has 0 aliphatic heterocycles. The van der Waals surface area contributed by atoms with Gasteiger partial charge in [-0.3, -0.25) is 56.9 Å². The third kappa shape index (κ3) is 22.9. The Bertz CT molecular complexity index is 5010.